The molecule has 0 aliphatic carbocycles. The van der Waals surface area contributed by atoms with E-state index in [9.17, 15) is 12.6 Å². The van der Waals surface area contributed by atoms with Gasteiger partial charge in [-0.25, -0.2) is 13.4 Å². The first-order chi connectivity index (χ1) is 11.9. The number of benzene rings is 1. The van der Waals surface area contributed by atoms with Crippen LogP contribution in [0.2, 0.25) is 0 Å². The predicted octanol–water partition coefficient (Wildman–Crippen LogP) is 2.42. The number of hydrogen-bond donors (Lipinski definition) is 1. The maximum Gasteiger partial charge on any atom is 0.235 e. The number of thiocarbonyl (C=S) groups is 1. The molecule has 9 heteroatoms. The average molecular weight is 416 g/mol. The van der Waals surface area contributed by atoms with Crippen LogP contribution in [0, 0.1) is 5.92 Å². The second-order valence-electron chi connectivity index (χ2n) is 7.19. The fourth-order valence-electron chi connectivity index (χ4n) is 2.52. The van der Waals surface area contributed by atoms with Crippen molar-refractivity contribution >= 4 is 48.9 Å². The number of aliphatic imine (C=N–C) groups is 1. The predicted molar refractivity (Wildman–Crippen MR) is 113 cm³/mol. The van der Waals surface area contributed by atoms with Gasteiger partial charge in [-0.15, -0.1) is 0 Å². The molecule has 1 unspecified atom stereocenters. The molecule has 0 saturated carbocycles. The summed E-state index contributed by atoms with van der Waals surface area (Å²) in [6.45, 7) is 7.43. The van der Waals surface area contributed by atoms with Gasteiger partial charge in [-0.2, -0.15) is 0 Å². The van der Waals surface area contributed by atoms with E-state index in [1.807, 2.05) is 27.7 Å². The number of sulfonamides is 1. The largest absolute Gasteiger partial charge is 0.325 e. The molecular formula is C17H25N3O3S3. The van der Waals surface area contributed by atoms with Crippen LogP contribution >= 0.6 is 12.2 Å². The fourth-order valence-corrected chi connectivity index (χ4v) is 5.48. The number of para-hydroxylation sites is 1. The zero-order valence-corrected chi connectivity index (χ0v) is 18.1. The number of hydrogen-bond acceptors (Lipinski definition) is 5. The number of nitrogens with zero attached hydrogens (tertiary/aromatic N) is 2. The van der Waals surface area contributed by atoms with E-state index in [0.717, 1.165) is 0 Å². The topological polar surface area (TPSA) is 78.8 Å². The highest BCUT2D eigenvalue weighted by Gasteiger charge is 2.33. The second kappa shape index (κ2) is 7.74. The van der Waals surface area contributed by atoms with Crippen molar-refractivity contribution in [1.82, 2.24) is 5.32 Å². The van der Waals surface area contributed by atoms with Crippen molar-refractivity contribution < 1.29 is 12.6 Å². The molecule has 144 valence electrons. The summed E-state index contributed by atoms with van der Waals surface area (Å²) in [5.41, 5.74) is 0.639. The van der Waals surface area contributed by atoms with Gasteiger partial charge in [0.15, 0.2) is 5.17 Å². The van der Waals surface area contributed by atoms with E-state index in [-0.39, 0.29) is 17.4 Å². The van der Waals surface area contributed by atoms with Gasteiger partial charge in [0.05, 0.1) is 28.0 Å². The van der Waals surface area contributed by atoms with Gasteiger partial charge in [0.25, 0.3) is 0 Å². The van der Waals surface area contributed by atoms with Crippen LogP contribution < -0.4 is 9.62 Å². The second-order valence-corrected chi connectivity index (χ2v) is 11.0. The first kappa shape index (κ1) is 21.0. The first-order valence-corrected chi connectivity index (χ1v) is 11.6. The van der Waals surface area contributed by atoms with Gasteiger partial charge in [0.1, 0.15) is 10.5 Å². The van der Waals surface area contributed by atoms with Crippen LogP contribution in [0.25, 0.3) is 0 Å². The molecule has 0 fully saturated rings. The lowest BCUT2D eigenvalue weighted by atomic mass is 10.1. The Hall–Kier alpha value is -1.32. The Bertz CT molecular complexity index is 861. The lowest BCUT2D eigenvalue weighted by Crippen LogP contribution is -2.34. The Labute approximate surface area is 163 Å². The van der Waals surface area contributed by atoms with Crippen LogP contribution in [0.5, 0.6) is 0 Å². The molecule has 1 atom stereocenters. The van der Waals surface area contributed by atoms with Gasteiger partial charge in [0, 0.05) is 7.05 Å². The highest BCUT2D eigenvalue weighted by Crippen LogP contribution is 2.25. The van der Waals surface area contributed by atoms with Crippen LogP contribution in [0.3, 0.4) is 0 Å². The number of nitrogens with one attached hydrogen (secondary N) is 1. The standard InChI is InChI=1S/C17H25N3O3S3/c1-12(2)11-26(22,23)20(5)14-9-7-6-8-13(14)10-25(21)16-18-15(24)17(3,4)19-16/h6-9,12H,10-11H2,1-5H3,(H,18,19,24). The molecule has 1 aliphatic rings. The first-order valence-electron chi connectivity index (χ1n) is 8.28. The number of anilines is 1. The van der Waals surface area contributed by atoms with Crippen molar-refractivity contribution in [2.45, 2.75) is 39.0 Å². The monoisotopic (exact) mass is 415 g/mol. The van der Waals surface area contributed by atoms with Crippen LogP contribution in [0.15, 0.2) is 29.3 Å². The molecule has 1 heterocycles. The number of rotatable bonds is 6. The maximum atomic E-state index is 12.7. The summed E-state index contributed by atoms with van der Waals surface area (Å²) in [5, 5.41) is 3.25. The van der Waals surface area contributed by atoms with Crippen molar-refractivity contribution in [2.75, 3.05) is 17.1 Å². The molecule has 6 nitrogen and oxygen atoms in total. The van der Waals surface area contributed by atoms with Crippen LogP contribution in [0.1, 0.15) is 33.3 Å². The molecule has 26 heavy (non-hydrogen) atoms. The van der Waals surface area contributed by atoms with Gasteiger partial charge in [0.2, 0.25) is 10.0 Å². The SMILES string of the molecule is CC(C)CS(=O)(=O)N(C)c1ccccc1CS(=O)C1=NC(C)(C)C(=S)N1. The highest BCUT2D eigenvalue weighted by molar-refractivity contribution is 8.00. The normalized spacial score (nSPS) is 17.8. The molecule has 1 aliphatic heterocycles. The van der Waals surface area contributed by atoms with Crippen molar-refractivity contribution in [3.63, 3.8) is 0 Å². The van der Waals surface area contributed by atoms with E-state index in [0.29, 0.717) is 21.4 Å². The van der Waals surface area contributed by atoms with Crippen LogP contribution in [0.4, 0.5) is 5.69 Å². The summed E-state index contributed by atoms with van der Waals surface area (Å²) >= 11 is 5.22. The Morgan fingerprint density at radius 3 is 2.46 bits per heavy atom. The molecule has 0 aromatic heterocycles. The average Bonchev–Trinajstić information content (AvgIpc) is 2.79. The molecular weight excluding hydrogens is 390 g/mol. The van der Waals surface area contributed by atoms with E-state index in [2.05, 4.69) is 10.3 Å². The van der Waals surface area contributed by atoms with Crippen molar-refractivity contribution in [1.29, 1.82) is 0 Å². The lowest BCUT2D eigenvalue weighted by Gasteiger charge is -2.23. The van der Waals surface area contributed by atoms with Gasteiger partial charge in [-0.05, 0) is 31.4 Å². The molecule has 0 radical (unpaired) electrons. The van der Waals surface area contributed by atoms with Crippen LogP contribution in [-0.2, 0) is 26.6 Å². The third-order valence-corrected chi connectivity index (χ3v) is 7.87. The summed E-state index contributed by atoms with van der Waals surface area (Å²) in [4.78, 5) is 4.93. The lowest BCUT2D eigenvalue weighted by molar-refractivity contribution is 0.580. The molecule has 0 saturated heterocycles. The molecule has 1 N–H and O–H groups in total. The van der Waals surface area contributed by atoms with Crippen molar-refractivity contribution in [3.8, 4) is 0 Å². The van der Waals surface area contributed by atoms with E-state index in [4.69, 9.17) is 12.2 Å². The molecule has 1 aromatic carbocycles. The molecule has 0 bridgehead atoms. The maximum absolute atomic E-state index is 12.7. The van der Waals surface area contributed by atoms with Gasteiger partial charge < -0.3 is 5.32 Å². The molecule has 2 rings (SSSR count). The Morgan fingerprint density at radius 1 is 1.31 bits per heavy atom. The van der Waals surface area contributed by atoms with E-state index in [1.165, 1.54) is 11.4 Å². The van der Waals surface area contributed by atoms with E-state index < -0.39 is 26.4 Å². The zero-order valence-electron chi connectivity index (χ0n) is 15.6. The fraction of sp³-hybridized carbons (Fsp3) is 0.529. The summed E-state index contributed by atoms with van der Waals surface area (Å²) in [7, 11) is -3.37. The summed E-state index contributed by atoms with van der Waals surface area (Å²) < 4.78 is 39.1. The smallest absolute Gasteiger partial charge is 0.235 e. The van der Waals surface area contributed by atoms with Gasteiger partial charge >= 0.3 is 0 Å². The summed E-state index contributed by atoms with van der Waals surface area (Å²) in [6.07, 6.45) is 0. The molecule has 0 amide bonds. The molecule has 1 aromatic rings. The van der Waals surface area contributed by atoms with Gasteiger partial charge in [-0.3, -0.25) is 8.51 Å². The minimum absolute atomic E-state index is 0.0176. The Kier molecular flexibility index (Phi) is 6.24. The Morgan fingerprint density at radius 2 is 1.92 bits per heavy atom. The van der Waals surface area contributed by atoms with E-state index >= 15 is 0 Å². The zero-order chi connectivity index (χ0) is 19.7. The third-order valence-electron chi connectivity index (χ3n) is 3.95. The Balaban J connectivity index is 2.28. The molecule has 0 spiro atoms. The van der Waals surface area contributed by atoms with Gasteiger partial charge in [-0.1, -0.05) is 44.3 Å². The minimum Gasteiger partial charge on any atom is -0.325 e. The van der Waals surface area contributed by atoms with Crippen molar-refractivity contribution in [2.24, 2.45) is 10.9 Å². The number of amidine groups is 1. The van der Waals surface area contributed by atoms with Crippen molar-refractivity contribution in [3.05, 3.63) is 29.8 Å². The minimum atomic E-state index is -3.45. The van der Waals surface area contributed by atoms with E-state index in [1.54, 1.807) is 24.3 Å². The third kappa shape index (κ3) is 4.69. The quantitative estimate of drug-likeness (QED) is 0.722. The highest BCUT2D eigenvalue weighted by atomic mass is 32.2. The summed E-state index contributed by atoms with van der Waals surface area (Å²) in [6, 6.07) is 7.08. The van der Waals surface area contributed by atoms with Crippen LogP contribution in [-0.4, -0.2) is 41.1 Å². The summed E-state index contributed by atoms with van der Waals surface area (Å²) in [5.74, 6) is 0.226.